The summed E-state index contributed by atoms with van der Waals surface area (Å²) in [5, 5.41) is 25.8. The number of urea groups is 1. The van der Waals surface area contributed by atoms with Gasteiger partial charge in [0.05, 0.1) is 17.8 Å². The van der Waals surface area contributed by atoms with E-state index >= 15 is 0 Å². The highest BCUT2D eigenvalue weighted by Crippen LogP contribution is 2.40. The Morgan fingerprint density at radius 1 is 0.349 bits per heavy atom. The van der Waals surface area contributed by atoms with Gasteiger partial charge in [0.2, 0.25) is 30.1 Å². The number of rotatable bonds is 31. The Labute approximate surface area is 899 Å². The molecule has 26 nitrogen and oxygen atoms in total. The first kappa shape index (κ1) is 119. The van der Waals surface area contributed by atoms with Gasteiger partial charge in [0.1, 0.15) is 0 Å². The number of likely N-dealkylation sites (tertiary alicyclic amines) is 1. The number of hydrogen-bond acceptors (Lipinski definition) is 21. The minimum atomic E-state index is -3.29. The lowest BCUT2D eigenvalue weighted by Crippen LogP contribution is -2.44. The molecule has 0 bridgehead atoms. The molecule has 0 aromatic heterocycles. The second-order valence-corrected chi connectivity index (χ2v) is 50.6. The van der Waals surface area contributed by atoms with Crippen LogP contribution >= 0.6 is 0 Å². The van der Waals surface area contributed by atoms with Gasteiger partial charge in [0, 0.05) is 257 Å². The Morgan fingerprint density at radius 2 is 0.651 bits per heavy atom. The van der Waals surface area contributed by atoms with Crippen molar-refractivity contribution in [2.24, 2.45) is 11.8 Å². The second kappa shape index (κ2) is 58.4. The SMILES string of the molecule is CC(C)c1ccc(-c2ccc(N(C)C)cc2)cc1.CC(C)c1ccc(N2CCNCC2)c(CC2CC2)c1.CC(C)c1ccc(N2CCNCC2)c(CC2CCN(C)C2)c1.CC(C)c1ccc(N2CCNCC2)c(CNS(C)(=O)=O)c1.CC(C)c1ccc(N2CCNCC2)c(CS(=O)(=O)N2CCCC2)c1.CC(C)c1ccc(N2CCNCC2)c(CS(=O)(=O)NC2CCC2)c1.CNC(=O)NCc1cc(C(C)C)ccc1N1CCNCC1. The van der Waals surface area contributed by atoms with Crippen molar-refractivity contribution in [3.05, 3.63) is 230 Å². The molecule has 10 N–H and O–H groups in total. The number of nitrogens with zero attached hydrogens (tertiary/aromatic N) is 9. The average Bonchev–Trinajstić information content (AvgIpc) is 1.73. The molecule has 8 aliphatic heterocycles. The zero-order valence-corrected chi connectivity index (χ0v) is 96.5. The summed E-state index contributed by atoms with van der Waals surface area (Å²) >= 11 is 0. The van der Waals surface area contributed by atoms with Crippen LogP contribution in [0.3, 0.4) is 0 Å². The van der Waals surface area contributed by atoms with E-state index in [-0.39, 0.29) is 23.6 Å². The van der Waals surface area contributed by atoms with E-state index in [4.69, 9.17) is 0 Å². The molecule has 2 aliphatic carbocycles. The van der Waals surface area contributed by atoms with Crippen molar-refractivity contribution < 1.29 is 30.0 Å². The van der Waals surface area contributed by atoms with E-state index in [2.05, 4.69) is 367 Å². The van der Waals surface area contributed by atoms with Gasteiger partial charge >= 0.3 is 6.03 Å². The fourth-order valence-corrected chi connectivity index (χ4v) is 24.3. The average molecular weight is 2100 g/mol. The summed E-state index contributed by atoms with van der Waals surface area (Å²) in [6.45, 7) is 60.0. The first-order chi connectivity index (χ1) is 71.3. The molecule has 8 heterocycles. The Balaban J connectivity index is 0.000000154. The number of carbonyl (C=O) groups is 1. The first-order valence-electron chi connectivity index (χ1n) is 56.3. The molecule has 2 saturated carbocycles. The minimum Gasteiger partial charge on any atom is -0.378 e. The van der Waals surface area contributed by atoms with Gasteiger partial charge in [0.15, 0.2) is 0 Å². The van der Waals surface area contributed by atoms with Gasteiger partial charge in [-0.1, -0.05) is 213 Å². The molecule has 8 aromatic rings. The third kappa shape index (κ3) is 37.5. The number of benzene rings is 8. The summed E-state index contributed by atoms with van der Waals surface area (Å²) in [7, 11) is -1.69. The van der Waals surface area contributed by atoms with E-state index in [9.17, 15) is 30.0 Å². The molecule has 10 fully saturated rings. The third-order valence-electron chi connectivity index (χ3n) is 30.6. The number of hydrogen-bond donors (Lipinski definition) is 10. The Bertz CT molecular complexity index is 5730. The molecule has 0 spiro atoms. The van der Waals surface area contributed by atoms with Crippen LogP contribution in [0.15, 0.2) is 158 Å². The summed E-state index contributed by atoms with van der Waals surface area (Å²) < 4.78 is 80.7. The standard InChI is InChI=1S/C19H31N3.2C18H29N3O2S.C17H26N2.C17H21N.C16H26N4O.C15H25N3O2S/c1-15(2)17-4-5-19(22-10-7-20-8-11-22)18(13-17)12-16-6-9-21(3)14-16;1-15(2)16-5-6-18(20-11-7-19-8-12-20)17(13-16)14-24(22,23)21-9-3-4-10-21;1-14(2)15-6-7-18(21-10-8-19-9-11-21)16(12-15)13-24(22,23)20-17-4-3-5-17;1-13(2)15-5-6-17(19-9-7-18-8-10-19)16(12-15)11-14-3-4-14;1-13(2)14-5-7-15(8-6-14)16-9-11-17(12-10-16)18(3)4;1-12(2)13-4-5-15(20-8-6-18-7-9-20)14(10-13)11-19-16(21)17-3;1-12(2)13-4-5-15(18-8-6-16-7-9-18)14(10-13)11-17-21(3,19)20/h4-5,13,15-16,20H,6-12,14H2,1-3H3;5-6,13,15,19H,3-4,7-12,14H2,1-2H3;6-7,12,14,17,19-20H,3-5,8-11,13H2,1-2H3;5-6,12-14,18H,3-4,7-11H2,1-2H3;5-13H,1-4H3;4-5,10,12,18H,6-9,11H2,1-3H3,(H2,17,19,21);4-5,10,12,16-17H,6-9,11H2,1-3H3. The molecule has 2 amide bonds. The maximum Gasteiger partial charge on any atom is 0.314 e. The normalized spacial score (nSPS) is 18.1. The van der Waals surface area contributed by atoms with Crippen LogP contribution in [0.1, 0.15) is 262 Å². The van der Waals surface area contributed by atoms with E-state index in [1.54, 1.807) is 22.5 Å². The van der Waals surface area contributed by atoms with Gasteiger partial charge in [0.25, 0.3) is 0 Å². The van der Waals surface area contributed by atoms with Crippen LogP contribution < -0.4 is 86.3 Å². The molecule has 1 atom stereocenters. The van der Waals surface area contributed by atoms with Crippen molar-refractivity contribution in [2.75, 3.05) is 252 Å². The molecule has 1 unspecified atom stereocenters. The number of sulfonamides is 3. The lowest BCUT2D eigenvalue weighted by molar-refractivity contribution is 0.242. The molecule has 0 radical (unpaired) electrons. The highest BCUT2D eigenvalue weighted by molar-refractivity contribution is 7.89. The van der Waals surface area contributed by atoms with E-state index < -0.39 is 30.1 Å². The smallest absolute Gasteiger partial charge is 0.314 e. The fourth-order valence-electron chi connectivity index (χ4n) is 20.8. The van der Waals surface area contributed by atoms with Crippen LogP contribution in [-0.2, 0) is 67.5 Å². The number of anilines is 7. The van der Waals surface area contributed by atoms with Crippen molar-refractivity contribution in [1.29, 1.82) is 0 Å². The zero-order chi connectivity index (χ0) is 107. The summed E-state index contributed by atoms with van der Waals surface area (Å²) in [6.07, 6.45) is 13.0. The molecule has 29 heteroatoms. The molecule has 8 aromatic carbocycles. The van der Waals surface area contributed by atoms with Gasteiger partial charge in [-0.25, -0.2) is 43.8 Å². The maximum atomic E-state index is 12.8. The Kier molecular flexibility index (Phi) is 46.5. The fraction of sp³-hybridized carbons (Fsp3) is 0.592. The van der Waals surface area contributed by atoms with E-state index in [0.717, 1.165) is 235 Å². The first-order valence-corrected chi connectivity index (χ1v) is 61.5. The predicted molar refractivity (Wildman–Crippen MR) is 630 cm³/mol. The van der Waals surface area contributed by atoms with Crippen LogP contribution in [0.5, 0.6) is 0 Å². The molecular weight excluding hydrogens is 1920 g/mol. The highest BCUT2D eigenvalue weighted by atomic mass is 32.2. The second-order valence-electron chi connectivity index (χ2n) is 45.1. The largest absolute Gasteiger partial charge is 0.378 e. The van der Waals surface area contributed by atoms with Crippen molar-refractivity contribution in [1.82, 2.24) is 61.2 Å². The Morgan fingerprint density at radius 3 is 0.953 bits per heavy atom. The van der Waals surface area contributed by atoms with Crippen molar-refractivity contribution in [2.45, 2.75) is 233 Å². The van der Waals surface area contributed by atoms with Crippen molar-refractivity contribution in [3.63, 3.8) is 0 Å². The lowest BCUT2D eigenvalue weighted by Gasteiger charge is -2.32. The third-order valence-corrected chi connectivity index (χ3v) is 34.5. The van der Waals surface area contributed by atoms with Gasteiger partial charge < -0.3 is 81.7 Å². The van der Waals surface area contributed by atoms with Crippen LogP contribution in [0, 0.1) is 11.8 Å². The van der Waals surface area contributed by atoms with Gasteiger partial charge in [-0.3, -0.25) is 0 Å². The Hall–Kier alpha value is -8.92. The molecule has 149 heavy (non-hydrogen) atoms. The van der Waals surface area contributed by atoms with Crippen LogP contribution in [0.4, 0.5) is 44.6 Å². The van der Waals surface area contributed by atoms with Crippen LogP contribution in [0.2, 0.25) is 0 Å². The van der Waals surface area contributed by atoms with Gasteiger partial charge in [-0.15, -0.1) is 0 Å². The summed E-state index contributed by atoms with van der Waals surface area (Å²) in [5.41, 5.74) is 27.9. The van der Waals surface area contributed by atoms with Crippen molar-refractivity contribution in [3.8, 4) is 11.1 Å². The summed E-state index contributed by atoms with van der Waals surface area (Å²) in [6, 6.07) is 57.6. The molecule has 18 rings (SSSR count). The monoisotopic (exact) mass is 2100 g/mol. The summed E-state index contributed by atoms with van der Waals surface area (Å²) in [5.74, 6) is 5.53. The van der Waals surface area contributed by atoms with E-state index in [1.807, 2.05) is 0 Å². The van der Waals surface area contributed by atoms with Gasteiger partial charge in [-0.05, 0) is 257 Å². The predicted octanol–water partition coefficient (Wildman–Crippen LogP) is 17.7. The molecular formula is C120H187N19O7S3. The number of carbonyl (C=O) groups excluding carboxylic acids is 1. The topological polar surface area (TPSA) is 269 Å². The number of piperazine rings is 6. The quantitative estimate of drug-likeness (QED) is 0.0193. The van der Waals surface area contributed by atoms with E-state index in [0.29, 0.717) is 67.6 Å². The molecule has 822 valence electrons. The van der Waals surface area contributed by atoms with E-state index in [1.165, 1.54) is 130 Å². The zero-order valence-electron chi connectivity index (χ0n) is 94.1. The maximum absolute atomic E-state index is 12.8. The molecule has 8 saturated heterocycles. The minimum absolute atomic E-state index is 0.0727. The van der Waals surface area contributed by atoms with Crippen LogP contribution in [-0.4, -0.2) is 264 Å². The summed E-state index contributed by atoms with van der Waals surface area (Å²) in [4.78, 5) is 30.5. The van der Waals surface area contributed by atoms with Crippen molar-refractivity contribution >= 4 is 75.9 Å². The molecule has 10 aliphatic rings. The lowest BCUT2D eigenvalue weighted by atomic mass is 9.92. The number of amides is 2. The number of nitrogens with one attached hydrogen (secondary N) is 10. The van der Waals surface area contributed by atoms with Crippen LogP contribution in [0.25, 0.3) is 11.1 Å². The van der Waals surface area contributed by atoms with Gasteiger partial charge in [-0.2, -0.15) is 0 Å². The highest BCUT2D eigenvalue weighted by Gasteiger charge is 2.33.